The summed E-state index contributed by atoms with van der Waals surface area (Å²) >= 11 is 0. The molecule has 1 aromatic carbocycles. The van der Waals surface area contributed by atoms with Gasteiger partial charge in [0.05, 0.1) is 17.8 Å². The van der Waals surface area contributed by atoms with Crippen LogP contribution < -0.4 is 10.2 Å². The third-order valence-corrected chi connectivity index (χ3v) is 4.11. The molecule has 1 aromatic rings. The normalized spacial score (nSPS) is 20.2. The van der Waals surface area contributed by atoms with Crippen LogP contribution in [0.25, 0.3) is 0 Å². The van der Waals surface area contributed by atoms with Gasteiger partial charge < -0.3 is 19.2 Å². The van der Waals surface area contributed by atoms with Gasteiger partial charge in [-0.2, -0.15) is 0 Å². The maximum absolute atomic E-state index is 8.77. The van der Waals surface area contributed by atoms with Crippen molar-refractivity contribution in [2.75, 3.05) is 13.2 Å². The van der Waals surface area contributed by atoms with E-state index in [1.807, 2.05) is 52.8 Å². The molecule has 0 saturated carbocycles. The highest BCUT2D eigenvalue weighted by molar-refractivity contribution is 6.62. The summed E-state index contributed by atoms with van der Waals surface area (Å²) in [7, 11) is -0.355. The summed E-state index contributed by atoms with van der Waals surface area (Å²) in [5.74, 6) is 0.747. The highest BCUT2D eigenvalue weighted by Crippen LogP contribution is 2.36. The number of aliphatic hydroxyl groups excluding tert-OH is 1. The van der Waals surface area contributed by atoms with Gasteiger partial charge >= 0.3 is 7.12 Å². The Labute approximate surface area is 121 Å². The number of benzene rings is 1. The van der Waals surface area contributed by atoms with Crippen LogP contribution in [0.3, 0.4) is 0 Å². The molecule has 1 N–H and O–H groups in total. The Morgan fingerprint density at radius 1 is 1.15 bits per heavy atom. The number of ether oxygens (including phenoxy) is 1. The Hall–Kier alpha value is -1.04. The second-order valence-corrected chi connectivity index (χ2v) is 6.18. The van der Waals surface area contributed by atoms with E-state index in [0.29, 0.717) is 6.61 Å². The van der Waals surface area contributed by atoms with Crippen molar-refractivity contribution >= 4 is 12.6 Å². The maximum Gasteiger partial charge on any atom is 0.495 e. The SMILES string of the molecule is Cc1cc(OCCO)ccc1B1OC(C)(C)C(C)(C)O1. The van der Waals surface area contributed by atoms with Crippen LogP contribution >= 0.6 is 0 Å². The van der Waals surface area contributed by atoms with Crippen LogP contribution in [0.4, 0.5) is 0 Å². The largest absolute Gasteiger partial charge is 0.495 e. The lowest BCUT2D eigenvalue weighted by Gasteiger charge is -2.32. The van der Waals surface area contributed by atoms with E-state index in [-0.39, 0.29) is 24.9 Å². The van der Waals surface area contributed by atoms with E-state index in [4.69, 9.17) is 19.2 Å². The Morgan fingerprint density at radius 3 is 2.25 bits per heavy atom. The summed E-state index contributed by atoms with van der Waals surface area (Å²) in [6, 6.07) is 5.78. The second-order valence-electron chi connectivity index (χ2n) is 6.18. The molecule has 0 atom stereocenters. The molecule has 1 heterocycles. The highest BCUT2D eigenvalue weighted by atomic mass is 16.7. The smallest absolute Gasteiger partial charge is 0.491 e. The van der Waals surface area contributed by atoms with Crippen LogP contribution in [0.5, 0.6) is 5.75 Å². The van der Waals surface area contributed by atoms with Crippen molar-refractivity contribution in [3.05, 3.63) is 23.8 Å². The molecule has 20 heavy (non-hydrogen) atoms. The Bertz CT molecular complexity index is 469. The van der Waals surface area contributed by atoms with Crippen molar-refractivity contribution < 1.29 is 19.2 Å². The lowest BCUT2D eigenvalue weighted by Crippen LogP contribution is -2.41. The van der Waals surface area contributed by atoms with E-state index < -0.39 is 0 Å². The summed E-state index contributed by atoms with van der Waals surface area (Å²) in [4.78, 5) is 0. The van der Waals surface area contributed by atoms with Gasteiger partial charge in [0, 0.05) is 0 Å². The minimum absolute atomic E-state index is 0.0119. The van der Waals surface area contributed by atoms with Crippen LogP contribution in [-0.2, 0) is 9.31 Å². The standard InChI is InChI=1S/C15H23BO4/c1-11-10-12(18-9-8-17)6-7-13(11)16-19-14(2,3)15(4,5)20-16/h6-7,10,17H,8-9H2,1-5H3. The zero-order valence-corrected chi connectivity index (χ0v) is 12.9. The van der Waals surface area contributed by atoms with Gasteiger partial charge in [-0.1, -0.05) is 6.07 Å². The van der Waals surface area contributed by atoms with Crippen LogP contribution in [0, 0.1) is 6.92 Å². The summed E-state index contributed by atoms with van der Waals surface area (Å²) in [5, 5.41) is 8.77. The summed E-state index contributed by atoms with van der Waals surface area (Å²) < 4.78 is 17.5. The zero-order valence-electron chi connectivity index (χ0n) is 12.9. The highest BCUT2D eigenvalue weighted by Gasteiger charge is 2.52. The van der Waals surface area contributed by atoms with Crippen LogP contribution in [-0.4, -0.2) is 36.6 Å². The van der Waals surface area contributed by atoms with Gasteiger partial charge in [-0.15, -0.1) is 0 Å². The molecule has 0 aromatic heterocycles. The van der Waals surface area contributed by atoms with Crippen molar-refractivity contribution in [3.8, 4) is 5.75 Å². The van der Waals surface area contributed by atoms with E-state index in [1.165, 1.54) is 0 Å². The average molecular weight is 278 g/mol. The number of aliphatic hydroxyl groups is 1. The quantitative estimate of drug-likeness (QED) is 0.851. The maximum atomic E-state index is 8.77. The number of aryl methyl sites for hydroxylation is 1. The summed E-state index contributed by atoms with van der Waals surface area (Å²) in [5.41, 5.74) is 1.39. The van der Waals surface area contributed by atoms with Crippen molar-refractivity contribution in [1.29, 1.82) is 0 Å². The fraction of sp³-hybridized carbons (Fsp3) is 0.600. The number of hydrogen-bond acceptors (Lipinski definition) is 4. The third-order valence-electron chi connectivity index (χ3n) is 4.11. The molecule has 0 amide bonds. The van der Waals surface area contributed by atoms with Gasteiger partial charge in [-0.3, -0.25) is 0 Å². The van der Waals surface area contributed by atoms with Gasteiger partial charge in [0.25, 0.3) is 0 Å². The summed E-state index contributed by atoms with van der Waals surface area (Å²) in [6.45, 7) is 10.5. The minimum atomic E-state index is -0.355. The molecule has 5 heteroatoms. The molecule has 1 fully saturated rings. The van der Waals surface area contributed by atoms with Gasteiger partial charge in [0.1, 0.15) is 12.4 Å². The van der Waals surface area contributed by atoms with Gasteiger partial charge in [-0.05, 0) is 57.8 Å². The first kappa shape index (κ1) is 15.4. The molecule has 0 radical (unpaired) electrons. The molecular formula is C15H23BO4. The molecule has 0 unspecified atom stereocenters. The first-order valence-corrected chi connectivity index (χ1v) is 6.97. The predicted molar refractivity (Wildman–Crippen MR) is 79.5 cm³/mol. The lowest BCUT2D eigenvalue weighted by molar-refractivity contribution is 0.00578. The van der Waals surface area contributed by atoms with Gasteiger partial charge in [0.15, 0.2) is 0 Å². The van der Waals surface area contributed by atoms with Crippen LogP contribution in [0.1, 0.15) is 33.3 Å². The van der Waals surface area contributed by atoms with Crippen LogP contribution in [0.15, 0.2) is 18.2 Å². The number of hydrogen-bond donors (Lipinski definition) is 1. The van der Waals surface area contributed by atoms with Crippen molar-refractivity contribution in [1.82, 2.24) is 0 Å². The molecule has 1 aliphatic heterocycles. The second kappa shape index (κ2) is 5.39. The van der Waals surface area contributed by atoms with Crippen LogP contribution in [0.2, 0.25) is 0 Å². The molecule has 0 spiro atoms. The van der Waals surface area contributed by atoms with E-state index in [9.17, 15) is 0 Å². The molecule has 0 bridgehead atoms. The first-order chi connectivity index (χ1) is 9.27. The predicted octanol–water partition coefficient (Wildman–Crippen LogP) is 1.67. The Kier molecular flexibility index (Phi) is 4.14. The topological polar surface area (TPSA) is 47.9 Å². The van der Waals surface area contributed by atoms with E-state index in [1.54, 1.807) is 0 Å². The van der Waals surface area contributed by atoms with E-state index in [2.05, 4.69) is 0 Å². The molecule has 4 nitrogen and oxygen atoms in total. The van der Waals surface area contributed by atoms with Crippen molar-refractivity contribution in [3.63, 3.8) is 0 Å². The molecule has 1 saturated heterocycles. The van der Waals surface area contributed by atoms with Gasteiger partial charge in [0.2, 0.25) is 0 Å². The van der Waals surface area contributed by atoms with Crippen molar-refractivity contribution in [2.24, 2.45) is 0 Å². The molecular weight excluding hydrogens is 255 g/mol. The fourth-order valence-electron chi connectivity index (χ4n) is 2.14. The third kappa shape index (κ3) is 2.85. The molecule has 110 valence electrons. The zero-order chi connectivity index (χ0) is 15.0. The van der Waals surface area contributed by atoms with E-state index in [0.717, 1.165) is 16.8 Å². The van der Waals surface area contributed by atoms with Crippen molar-refractivity contribution in [2.45, 2.75) is 45.8 Å². The van der Waals surface area contributed by atoms with E-state index >= 15 is 0 Å². The molecule has 0 aliphatic carbocycles. The lowest BCUT2D eigenvalue weighted by atomic mass is 9.76. The monoisotopic (exact) mass is 278 g/mol. The minimum Gasteiger partial charge on any atom is -0.491 e. The Balaban J connectivity index is 2.19. The summed E-state index contributed by atoms with van der Waals surface area (Å²) in [6.07, 6.45) is 0. The first-order valence-electron chi connectivity index (χ1n) is 6.97. The average Bonchev–Trinajstić information content (AvgIpc) is 2.55. The molecule has 1 aliphatic rings. The fourth-order valence-corrected chi connectivity index (χ4v) is 2.14. The van der Waals surface area contributed by atoms with Gasteiger partial charge in [-0.25, -0.2) is 0 Å². The number of rotatable bonds is 4. The molecule has 2 rings (SSSR count). The Morgan fingerprint density at radius 2 is 1.75 bits per heavy atom.